The van der Waals surface area contributed by atoms with Gasteiger partial charge in [0.05, 0.1) is 16.4 Å². The molecular formula is C17H12ClN3. The van der Waals surface area contributed by atoms with E-state index in [4.69, 9.17) is 16.9 Å². The van der Waals surface area contributed by atoms with Gasteiger partial charge in [-0.15, -0.1) is 0 Å². The van der Waals surface area contributed by atoms with Crippen LogP contribution in [-0.2, 0) is 0 Å². The topological polar surface area (TPSA) is 41.6 Å². The summed E-state index contributed by atoms with van der Waals surface area (Å²) in [5.41, 5.74) is 4.15. The summed E-state index contributed by atoms with van der Waals surface area (Å²) < 4.78 is 1.71. The van der Waals surface area contributed by atoms with Gasteiger partial charge in [-0.2, -0.15) is 10.4 Å². The van der Waals surface area contributed by atoms with E-state index in [2.05, 4.69) is 11.2 Å². The van der Waals surface area contributed by atoms with Crippen LogP contribution in [0.1, 0.15) is 11.3 Å². The molecule has 102 valence electrons. The first-order chi connectivity index (χ1) is 10.2. The third-order valence-corrected chi connectivity index (χ3v) is 3.57. The lowest BCUT2D eigenvalue weighted by molar-refractivity contribution is 0.880. The normalized spacial score (nSPS) is 10.3. The number of aryl methyl sites for hydroxylation is 1. The molecule has 0 aliphatic heterocycles. The minimum atomic E-state index is 0.366. The Hall–Kier alpha value is -2.57. The van der Waals surface area contributed by atoms with Crippen LogP contribution in [0.3, 0.4) is 0 Å². The Morgan fingerprint density at radius 1 is 1.10 bits per heavy atom. The molecule has 21 heavy (non-hydrogen) atoms. The van der Waals surface area contributed by atoms with Gasteiger partial charge >= 0.3 is 0 Å². The summed E-state index contributed by atoms with van der Waals surface area (Å²) in [4.78, 5) is 0. The highest BCUT2D eigenvalue weighted by molar-refractivity contribution is 6.32. The van der Waals surface area contributed by atoms with Crippen LogP contribution < -0.4 is 0 Å². The second-order valence-corrected chi connectivity index (χ2v) is 5.16. The van der Waals surface area contributed by atoms with Crippen molar-refractivity contribution < 1.29 is 0 Å². The van der Waals surface area contributed by atoms with Gasteiger partial charge in [0, 0.05) is 11.6 Å². The number of halogens is 1. The molecule has 0 bridgehead atoms. The first kappa shape index (κ1) is 13.4. The Bertz CT molecular complexity index is 826. The highest BCUT2D eigenvalue weighted by Crippen LogP contribution is 2.27. The highest BCUT2D eigenvalue weighted by Gasteiger charge is 2.13. The van der Waals surface area contributed by atoms with Crippen molar-refractivity contribution in [2.45, 2.75) is 6.92 Å². The number of hydrogen-bond donors (Lipinski definition) is 0. The van der Waals surface area contributed by atoms with Gasteiger partial charge in [0.25, 0.3) is 0 Å². The molecule has 0 saturated heterocycles. The van der Waals surface area contributed by atoms with Crippen LogP contribution in [0.4, 0.5) is 0 Å². The summed E-state index contributed by atoms with van der Waals surface area (Å²) in [6.45, 7) is 2.04. The molecule has 0 N–H and O–H groups in total. The largest absolute Gasteiger partial charge is 0.230 e. The minimum Gasteiger partial charge on any atom is -0.230 e. The van der Waals surface area contributed by atoms with E-state index in [1.54, 1.807) is 10.7 Å². The fraction of sp³-hybridized carbons (Fsp3) is 0.0588. The maximum atomic E-state index is 9.12. The zero-order chi connectivity index (χ0) is 14.8. The van der Waals surface area contributed by atoms with Gasteiger partial charge in [-0.3, -0.25) is 0 Å². The number of nitrogens with zero attached hydrogens (tertiary/aromatic N) is 3. The minimum absolute atomic E-state index is 0.366. The van der Waals surface area contributed by atoms with E-state index in [1.165, 1.54) is 5.56 Å². The fourth-order valence-corrected chi connectivity index (χ4v) is 2.39. The van der Waals surface area contributed by atoms with E-state index in [0.717, 1.165) is 16.9 Å². The van der Waals surface area contributed by atoms with Crippen molar-refractivity contribution in [3.05, 3.63) is 70.9 Å². The molecule has 1 aromatic heterocycles. The predicted molar refractivity (Wildman–Crippen MR) is 83.5 cm³/mol. The van der Waals surface area contributed by atoms with Crippen LogP contribution in [0.2, 0.25) is 5.02 Å². The molecule has 0 aliphatic carbocycles. The third kappa shape index (κ3) is 2.54. The fourth-order valence-electron chi connectivity index (χ4n) is 2.17. The summed E-state index contributed by atoms with van der Waals surface area (Å²) >= 11 is 6.25. The molecule has 3 nitrogen and oxygen atoms in total. The van der Waals surface area contributed by atoms with Crippen molar-refractivity contribution in [1.29, 1.82) is 5.26 Å². The summed E-state index contributed by atoms with van der Waals surface area (Å²) in [5, 5.41) is 14.0. The van der Waals surface area contributed by atoms with Crippen LogP contribution in [0.5, 0.6) is 0 Å². The molecule has 2 aromatic carbocycles. The van der Waals surface area contributed by atoms with Crippen LogP contribution in [0.25, 0.3) is 16.9 Å². The second kappa shape index (κ2) is 5.43. The molecule has 0 atom stereocenters. The van der Waals surface area contributed by atoms with E-state index in [9.17, 15) is 0 Å². The predicted octanol–water partition coefficient (Wildman–Crippen LogP) is 4.37. The SMILES string of the molecule is Cc1ccc(-c2cc(C#N)nn2-c2ccccc2Cl)cc1. The number of para-hydroxylation sites is 1. The smallest absolute Gasteiger partial charge is 0.163 e. The molecule has 3 aromatic rings. The summed E-state index contributed by atoms with van der Waals surface area (Å²) in [7, 11) is 0. The van der Waals surface area contributed by atoms with Crippen molar-refractivity contribution in [3.8, 4) is 23.0 Å². The average Bonchev–Trinajstić information content (AvgIpc) is 2.92. The van der Waals surface area contributed by atoms with Crippen molar-refractivity contribution in [2.75, 3.05) is 0 Å². The average molecular weight is 294 g/mol. The third-order valence-electron chi connectivity index (χ3n) is 3.25. The first-order valence-electron chi connectivity index (χ1n) is 6.51. The lowest BCUT2D eigenvalue weighted by Gasteiger charge is -2.09. The summed E-state index contributed by atoms with van der Waals surface area (Å²) in [5.74, 6) is 0. The quantitative estimate of drug-likeness (QED) is 0.704. The standard InChI is InChI=1S/C17H12ClN3/c1-12-6-8-13(9-7-12)17-10-14(11-19)20-21(17)16-5-3-2-4-15(16)18/h2-10H,1H3. The van der Waals surface area contributed by atoms with Crippen LogP contribution in [0, 0.1) is 18.3 Å². The molecule has 0 unspecified atom stereocenters. The van der Waals surface area contributed by atoms with Crippen LogP contribution in [-0.4, -0.2) is 9.78 Å². The molecule has 0 aliphatic rings. The van der Waals surface area contributed by atoms with Gasteiger partial charge < -0.3 is 0 Å². The van der Waals surface area contributed by atoms with E-state index in [1.807, 2.05) is 55.5 Å². The Labute approximate surface area is 128 Å². The van der Waals surface area contributed by atoms with Gasteiger partial charge in [-0.1, -0.05) is 53.6 Å². The van der Waals surface area contributed by atoms with E-state index in [-0.39, 0.29) is 0 Å². The molecular weight excluding hydrogens is 282 g/mol. The maximum absolute atomic E-state index is 9.12. The van der Waals surface area contributed by atoms with Crippen molar-refractivity contribution in [3.63, 3.8) is 0 Å². The van der Waals surface area contributed by atoms with Crippen molar-refractivity contribution in [2.24, 2.45) is 0 Å². The number of nitriles is 1. The molecule has 0 fully saturated rings. The van der Waals surface area contributed by atoms with Crippen LogP contribution in [0.15, 0.2) is 54.6 Å². The van der Waals surface area contributed by atoms with Crippen molar-refractivity contribution in [1.82, 2.24) is 9.78 Å². The number of aromatic nitrogens is 2. The van der Waals surface area contributed by atoms with Crippen LogP contribution >= 0.6 is 11.6 Å². The molecule has 4 heteroatoms. The van der Waals surface area contributed by atoms with Gasteiger partial charge in [0.2, 0.25) is 0 Å². The van der Waals surface area contributed by atoms with Gasteiger partial charge in [-0.05, 0) is 19.1 Å². The Kier molecular flexibility index (Phi) is 3.47. The zero-order valence-electron chi connectivity index (χ0n) is 11.4. The number of benzene rings is 2. The van der Waals surface area contributed by atoms with E-state index >= 15 is 0 Å². The lowest BCUT2D eigenvalue weighted by Crippen LogP contribution is -2.00. The monoisotopic (exact) mass is 293 g/mol. The molecule has 0 spiro atoms. The van der Waals surface area contributed by atoms with Gasteiger partial charge in [-0.25, -0.2) is 4.68 Å². The highest BCUT2D eigenvalue weighted by atomic mass is 35.5. The van der Waals surface area contributed by atoms with Crippen molar-refractivity contribution >= 4 is 11.6 Å². The van der Waals surface area contributed by atoms with Gasteiger partial charge in [0.15, 0.2) is 5.69 Å². The zero-order valence-corrected chi connectivity index (χ0v) is 12.2. The Morgan fingerprint density at radius 2 is 1.81 bits per heavy atom. The Balaban J connectivity index is 2.22. The van der Waals surface area contributed by atoms with E-state index in [0.29, 0.717) is 10.7 Å². The first-order valence-corrected chi connectivity index (χ1v) is 6.89. The lowest BCUT2D eigenvalue weighted by atomic mass is 10.1. The van der Waals surface area contributed by atoms with E-state index < -0.39 is 0 Å². The molecule has 1 heterocycles. The number of rotatable bonds is 2. The maximum Gasteiger partial charge on any atom is 0.163 e. The summed E-state index contributed by atoms with van der Waals surface area (Å²) in [6.07, 6.45) is 0. The summed E-state index contributed by atoms with van der Waals surface area (Å²) in [6, 6.07) is 19.4. The molecule has 3 rings (SSSR count). The Morgan fingerprint density at radius 3 is 2.48 bits per heavy atom. The number of hydrogen-bond acceptors (Lipinski definition) is 2. The second-order valence-electron chi connectivity index (χ2n) is 4.76. The molecule has 0 saturated carbocycles. The molecule has 0 radical (unpaired) electrons. The van der Waals surface area contributed by atoms with Gasteiger partial charge in [0.1, 0.15) is 6.07 Å². The molecule has 0 amide bonds.